The molecule has 0 saturated carbocycles. The van der Waals surface area contributed by atoms with Crippen LogP contribution in [0, 0.1) is 10.1 Å². The molecule has 0 fully saturated rings. The van der Waals surface area contributed by atoms with E-state index in [0.717, 1.165) is 20.8 Å². The second-order valence-electron chi connectivity index (χ2n) is 9.36. The fourth-order valence-electron chi connectivity index (χ4n) is 4.51. The van der Waals surface area contributed by atoms with Crippen LogP contribution in [0.4, 0.5) is 5.69 Å². The Kier molecular flexibility index (Phi) is 5.83. The third kappa shape index (κ3) is 4.21. The van der Waals surface area contributed by atoms with Gasteiger partial charge in [0.25, 0.3) is 11.2 Å². The van der Waals surface area contributed by atoms with Gasteiger partial charge in [-0.25, -0.2) is 8.97 Å². The van der Waals surface area contributed by atoms with E-state index in [0.29, 0.717) is 45.8 Å². The lowest BCUT2D eigenvalue weighted by Gasteiger charge is -2.29. The van der Waals surface area contributed by atoms with E-state index >= 15 is 0 Å². The number of nitro groups is 1. The first kappa shape index (κ1) is 24.1. The molecule has 0 N–H and O–H groups in total. The molecule has 1 aliphatic heterocycles. The molecule has 12 heteroatoms. The smallest absolute Gasteiger partial charge is 0.269 e. The predicted molar refractivity (Wildman–Crippen MR) is 144 cm³/mol. The highest BCUT2D eigenvalue weighted by molar-refractivity contribution is 7.98. The molecule has 0 radical (unpaired) electrons. The van der Waals surface area contributed by atoms with E-state index in [1.54, 1.807) is 34.9 Å². The lowest BCUT2D eigenvalue weighted by atomic mass is 9.94. The van der Waals surface area contributed by atoms with Gasteiger partial charge in [0.2, 0.25) is 5.78 Å². The Morgan fingerprint density at radius 2 is 2.00 bits per heavy atom. The number of rotatable bonds is 5. The monoisotopic (exact) mass is 553 g/mol. The molecule has 4 heterocycles. The SMILES string of the molecule is CC1(C)Cc2c(sc3c2c(=O)n(-c2cccc(Cl)c2)c2nnc(SCc4ccc([N+](=O)[O-])cc4)n32)CO1. The van der Waals surface area contributed by atoms with Crippen molar-refractivity contribution in [3.63, 3.8) is 0 Å². The summed E-state index contributed by atoms with van der Waals surface area (Å²) < 4.78 is 9.52. The Balaban J connectivity index is 1.54. The standard InChI is InChI=1S/C25H20ClN5O4S2/c1-25(2)11-18-19(12-35-25)37-22-20(18)21(32)29(17-5-3-4-15(26)10-17)23-27-28-24(30(22)23)36-13-14-6-8-16(9-7-14)31(33)34/h3-10H,11-13H2,1-2H3. The van der Waals surface area contributed by atoms with Crippen LogP contribution < -0.4 is 5.56 Å². The normalized spacial score (nSPS) is 14.8. The topological polar surface area (TPSA) is 105 Å². The molecule has 5 aromatic rings. The van der Waals surface area contributed by atoms with Crippen molar-refractivity contribution in [2.75, 3.05) is 0 Å². The highest BCUT2D eigenvalue weighted by Crippen LogP contribution is 2.39. The number of thiophene rings is 1. The molecule has 0 aliphatic carbocycles. The van der Waals surface area contributed by atoms with Gasteiger partial charge in [-0.15, -0.1) is 21.5 Å². The lowest BCUT2D eigenvalue weighted by Crippen LogP contribution is -2.32. The molecule has 2 aromatic carbocycles. The summed E-state index contributed by atoms with van der Waals surface area (Å²) in [5, 5.41) is 21.6. The van der Waals surface area contributed by atoms with Crippen LogP contribution in [-0.4, -0.2) is 29.7 Å². The van der Waals surface area contributed by atoms with E-state index in [9.17, 15) is 14.9 Å². The molecular formula is C25H20ClN5O4S2. The molecule has 9 nitrogen and oxygen atoms in total. The van der Waals surface area contributed by atoms with Gasteiger partial charge in [0, 0.05) is 34.2 Å². The van der Waals surface area contributed by atoms with E-state index in [1.165, 1.54) is 35.2 Å². The number of ether oxygens (including phenoxy) is 1. The van der Waals surface area contributed by atoms with Gasteiger partial charge in [-0.05, 0) is 43.2 Å². The molecule has 3 aromatic heterocycles. The van der Waals surface area contributed by atoms with E-state index in [1.807, 2.05) is 24.3 Å². The van der Waals surface area contributed by atoms with Crippen molar-refractivity contribution in [2.45, 2.75) is 43.4 Å². The molecular weight excluding hydrogens is 534 g/mol. The molecule has 0 amide bonds. The summed E-state index contributed by atoms with van der Waals surface area (Å²) in [7, 11) is 0. The molecule has 0 unspecified atom stereocenters. The Morgan fingerprint density at radius 3 is 2.73 bits per heavy atom. The quantitative estimate of drug-likeness (QED) is 0.154. The highest BCUT2D eigenvalue weighted by Gasteiger charge is 2.32. The first-order valence-corrected chi connectivity index (χ1v) is 13.6. The molecule has 0 bridgehead atoms. The van der Waals surface area contributed by atoms with Crippen LogP contribution in [0.3, 0.4) is 0 Å². The largest absolute Gasteiger partial charge is 0.370 e. The average molecular weight is 554 g/mol. The third-order valence-corrected chi connectivity index (χ3v) is 8.71. The second-order valence-corrected chi connectivity index (χ2v) is 11.8. The minimum absolute atomic E-state index is 0.0447. The number of aromatic nitrogens is 4. The van der Waals surface area contributed by atoms with E-state index in [2.05, 4.69) is 10.2 Å². The van der Waals surface area contributed by atoms with Gasteiger partial charge < -0.3 is 4.74 Å². The Morgan fingerprint density at radius 1 is 1.22 bits per heavy atom. The molecule has 0 atom stereocenters. The molecule has 0 saturated heterocycles. The Bertz CT molecular complexity index is 1760. The molecule has 37 heavy (non-hydrogen) atoms. The van der Waals surface area contributed by atoms with Crippen molar-refractivity contribution in [1.29, 1.82) is 0 Å². The van der Waals surface area contributed by atoms with Crippen LogP contribution in [0.5, 0.6) is 0 Å². The summed E-state index contributed by atoms with van der Waals surface area (Å²) in [6.07, 6.45) is 0.617. The molecule has 188 valence electrons. The number of benzene rings is 2. The van der Waals surface area contributed by atoms with Gasteiger partial charge in [-0.3, -0.25) is 14.9 Å². The van der Waals surface area contributed by atoms with Crippen molar-refractivity contribution in [2.24, 2.45) is 0 Å². The van der Waals surface area contributed by atoms with Gasteiger partial charge in [0.1, 0.15) is 4.83 Å². The number of nitrogens with zero attached hydrogens (tertiary/aromatic N) is 5. The summed E-state index contributed by atoms with van der Waals surface area (Å²) in [6, 6.07) is 13.6. The number of fused-ring (bicyclic) bond motifs is 5. The molecule has 0 spiro atoms. The zero-order chi connectivity index (χ0) is 25.9. The van der Waals surface area contributed by atoms with Crippen molar-refractivity contribution in [3.05, 3.63) is 90.0 Å². The molecule has 6 rings (SSSR count). The summed E-state index contributed by atoms with van der Waals surface area (Å²) in [5.74, 6) is 0.919. The van der Waals surface area contributed by atoms with Crippen molar-refractivity contribution in [3.8, 4) is 5.69 Å². The van der Waals surface area contributed by atoms with Gasteiger partial charge >= 0.3 is 0 Å². The zero-order valence-electron chi connectivity index (χ0n) is 19.8. The first-order valence-electron chi connectivity index (χ1n) is 11.4. The summed E-state index contributed by atoms with van der Waals surface area (Å²) >= 11 is 9.26. The minimum Gasteiger partial charge on any atom is -0.370 e. The number of hydrogen-bond donors (Lipinski definition) is 0. The number of non-ortho nitro benzene ring substituents is 1. The van der Waals surface area contributed by atoms with E-state index in [-0.39, 0.29) is 16.8 Å². The van der Waals surface area contributed by atoms with Crippen LogP contribution in [0.2, 0.25) is 5.02 Å². The van der Waals surface area contributed by atoms with Crippen molar-refractivity contribution in [1.82, 2.24) is 19.2 Å². The number of hydrogen-bond acceptors (Lipinski definition) is 8. The van der Waals surface area contributed by atoms with Crippen LogP contribution >= 0.6 is 34.7 Å². The highest BCUT2D eigenvalue weighted by atomic mass is 35.5. The fraction of sp³-hybridized carbons (Fsp3) is 0.240. The maximum atomic E-state index is 14.0. The second kappa shape index (κ2) is 8.95. The van der Waals surface area contributed by atoms with Crippen LogP contribution in [0.15, 0.2) is 58.5 Å². The zero-order valence-corrected chi connectivity index (χ0v) is 22.2. The minimum atomic E-state index is -0.418. The van der Waals surface area contributed by atoms with Crippen LogP contribution in [0.25, 0.3) is 21.7 Å². The van der Waals surface area contributed by atoms with Gasteiger partial charge in [-0.1, -0.05) is 41.6 Å². The Hall–Kier alpha value is -3.25. The van der Waals surface area contributed by atoms with Gasteiger partial charge in [-0.2, -0.15) is 0 Å². The van der Waals surface area contributed by atoms with Gasteiger partial charge in [0.15, 0.2) is 5.16 Å². The summed E-state index contributed by atoms with van der Waals surface area (Å²) in [6.45, 7) is 4.49. The van der Waals surface area contributed by atoms with Crippen molar-refractivity contribution >= 4 is 56.4 Å². The van der Waals surface area contributed by atoms with Crippen LogP contribution in [-0.2, 0) is 23.5 Å². The number of halogens is 1. The lowest BCUT2D eigenvalue weighted by molar-refractivity contribution is -0.384. The third-order valence-electron chi connectivity index (χ3n) is 6.29. The Labute approximate surface area is 223 Å². The predicted octanol–water partition coefficient (Wildman–Crippen LogP) is 5.80. The summed E-state index contributed by atoms with van der Waals surface area (Å²) in [5.41, 5.74) is 2.01. The van der Waals surface area contributed by atoms with Crippen LogP contribution in [0.1, 0.15) is 29.9 Å². The summed E-state index contributed by atoms with van der Waals surface area (Å²) in [4.78, 5) is 26.4. The van der Waals surface area contributed by atoms with E-state index in [4.69, 9.17) is 16.3 Å². The molecule has 1 aliphatic rings. The fourth-order valence-corrected chi connectivity index (χ4v) is 6.86. The number of thioether (sulfide) groups is 1. The maximum Gasteiger partial charge on any atom is 0.269 e. The van der Waals surface area contributed by atoms with Crippen molar-refractivity contribution < 1.29 is 9.66 Å². The average Bonchev–Trinajstić information content (AvgIpc) is 3.44. The maximum absolute atomic E-state index is 14.0. The van der Waals surface area contributed by atoms with Gasteiger partial charge in [0.05, 0.1) is 28.2 Å². The van der Waals surface area contributed by atoms with E-state index < -0.39 is 4.92 Å². The first-order chi connectivity index (χ1) is 17.7. The number of nitro benzene ring substituents is 1.